The lowest BCUT2D eigenvalue weighted by Gasteiger charge is -2.22. The normalized spacial score (nSPS) is 11.7. The maximum absolute atomic E-state index is 13.8. The van der Waals surface area contributed by atoms with Crippen LogP contribution in [0.5, 0.6) is 0 Å². The number of rotatable bonds is 6. The second-order valence-corrected chi connectivity index (χ2v) is 8.09. The number of nitrogens with zero attached hydrogens (tertiary/aromatic N) is 1. The summed E-state index contributed by atoms with van der Waals surface area (Å²) in [5.74, 6) is -3.88. The van der Waals surface area contributed by atoms with E-state index in [-0.39, 0.29) is 11.2 Å². The van der Waals surface area contributed by atoms with Crippen molar-refractivity contribution in [2.24, 2.45) is 5.92 Å². The molecule has 1 atom stereocenters. The van der Waals surface area contributed by atoms with Crippen LogP contribution in [0.4, 0.5) is 19.3 Å². The van der Waals surface area contributed by atoms with Crippen molar-refractivity contribution in [3.8, 4) is 0 Å². The molecule has 2 aromatic rings. The molecule has 0 saturated carbocycles. The van der Waals surface area contributed by atoms with Crippen molar-refractivity contribution in [3.05, 3.63) is 59.7 Å². The fourth-order valence-corrected chi connectivity index (χ4v) is 3.14. The average molecular weight is 435 g/mol. The van der Waals surface area contributed by atoms with Crippen LogP contribution in [-0.4, -0.2) is 42.1 Å². The number of thioether (sulfide) groups is 1. The van der Waals surface area contributed by atoms with Gasteiger partial charge in [0.25, 0.3) is 11.1 Å². The van der Waals surface area contributed by atoms with Gasteiger partial charge in [0.1, 0.15) is 23.2 Å². The number of benzene rings is 2. The van der Waals surface area contributed by atoms with Crippen LogP contribution in [0.15, 0.2) is 47.4 Å². The number of carbonyl (C=O) groups excluding carboxylic acids is 3. The standard InChI is InChI=1S/C21H23F2N3O3S/c1-12(2)18(25-19(27)17-15(22)6-5-7-16(17)23)20(28)24-13-8-10-14(11-9-13)30-21(29)26(3)4/h5-12,18H,1-4H3,(H,24,28)(H,25,27)/t18-/m0/s1. The topological polar surface area (TPSA) is 78.5 Å². The molecule has 0 saturated heterocycles. The predicted octanol–water partition coefficient (Wildman–Crippen LogP) is 4.13. The van der Waals surface area contributed by atoms with Gasteiger partial charge in [-0.05, 0) is 54.1 Å². The smallest absolute Gasteiger partial charge is 0.285 e. The highest BCUT2D eigenvalue weighted by Gasteiger charge is 2.27. The Bertz CT molecular complexity index is 913. The van der Waals surface area contributed by atoms with E-state index in [1.807, 2.05) is 0 Å². The maximum Gasteiger partial charge on any atom is 0.285 e. The molecule has 2 rings (SSSR count). The molecule has 0 spiro atoms. The number of anilines is 1. The Morgan fingerprint density at radius 3 is 2.03 bits per heavy atom. The average Bonchev–Trinajstić information content (AvgIpc) is 2.67. The van der Waals surface area contributed by atoms with Gasteiger partial charge in [-0.1, -0.05) is 19.9 Å². The molecule has 0 radical (unpaired) electrons. The first kappa shape index (κ1) is 23.3. The van der Waals surface area contributed by atoms with Crippen LogP contribution in [0.3, 0.4) is 0 Å². The van der Waals surface area contributed by atoms with Crippen molar-refractivity contribution in [2.45, 2.75) is 24.8 Å². The first-order chi connectivity index (χ1) is 14.1. The first-order valence-corrected chi connectivity index (χ1v) is 9.96. The van der Waals surface area contributed by atoms with E-state index in [0.29, 0.717) is 10.6 Å². The van der Waals surface area contributed by atoms with Gasteiger partial charge >= 0.3 is 0 Å². The molecule has 30 heavy (non-hydrogen) atoms. The Kier molecular flexibility index (Phi) is 7.93. The summed E-state index contributed by atoms with van der Waals surface area (Å²) >= 11 is 1.05. The van der Waals surface area contributed by atoms with Gasteiger partial charge in [-0.25, -0.2) is 8.78 Å². The Labute approximate surface area is 178 Å². The molecule has 0 aliphatic rings. The molecule has 0 heterocycles. The second kappa shape index (κ2) is 10.2. The van der Waals surface area contributed by atoms with Crippen LogP contribution in [-0.2, 0) is 4.79 Å². The van der Waals surface area contributed by atoms with Crippen molar-refractivity contribution < 1.29 is 23.2 Å². The van der Waals surface area contributed by atoms with Gasteiger partial charge in [0.15, 0.2) is 0 Å². The number of nitrogens with one attached hydrogen (secondary N) is 2. The molecular weight excluding hydrogens is 412 g/mol. The van der Waals surface area contributed by atoms with E-state index in [1.54, 1.807) is 52.2 Å². The minimum Gasteiger partial charge on any atom is -0.340 e. The van der Waals surface area contributed by atoms with Crippen LogP contribution >= 0.6 is 11.8 Å². The van der Waals surface area contributed by atoms with Gasteiger partial charge in [-0.15, -0.1) is 0 Å². The van der Waals surface area contributed by atoms with Gasteiger partial charge in [0.2, 0.25) is 5.91 Å². The van der Waals surface area contributed by atoms with Crippen LogP contribution in [0.2, 0.25) is 0 Å². The third-order valence-corrected chi connectivity index (χ3v) is 5.17. The van der Waals surface area contributed by atoms with Crippen LogP contribution in [0.25, 0.3) is 0 Å². The lowest BCUT2D eigenvalue weighted by Crippen LogP contribution is -2.47. The summed E-state index contributed by atoms with van der Waals surface area (Å²) in [4.78, 5) is 38.9. The van der Waals surface area contributed by atoms with Crippen LogP contribution in [0.1, 0.15) is 24.2 Å². The zero-order valence-corrected chi connectivity index (χ0v) is 17.8. The SMILES string of the molecule is CC(C)[C@H](NC(=O)c1c(F)cccc1F)C(=O)Nc1ccc(SC(=O)N(C)C)cc1. The van der Waals surface area contributed by atoms with E-state index < -0.39 is 35.1 Å². The van der Waals surface area contributed by atoms with Crippen molar-refractivity contribution in [1.29, 1.82) is 0 Å². The molecule has 2 N–H and O–H groups in total. The van der Waals surface area contributed by atoms with E-state index in [4.69, 9.17) is 0 Å². The van der Waals surface area contributed by atoms with Crippen molar-refractivity contribution >= 4 is 34.5 Å². The summed E-state index contributed by atoms with van der Waals surface area (Å²) in [6, 6.07) is 8.70. The molecule has 3 amide bonds. The number of carbonyl (C=O) groups is 3. The van der Waals surface area contributed by atoms with E-state index in [2.05, 4.69) is 10.6 Å². The lowest BCUT2D eigenvalue weighted by molar-refractivity contribution is -0.118. The molecule has 9 heteroatoms. The predicted molar refractivity (Wildman–Crippen MR) is 112 cm³/mol. The molecule has 0 aliphatic carbocycles. The van der Waals surface area contributed by atoms with E-state index in [1.165, 1.54) is 4.90 Å². The van der Waals surface area contributed by atoms with E-state index >= 15 is 0 Å². The van der Waals surface area contributed by atoms with Crippen molar-refractivity contribution in [3.63, 3.8) is 0 Å². The summed E-state index contributed by atoms with van der Waals surface area (Å²) in [6.45, 7) is 3.41. The van der Waals surface area contributed by atoms with Crippen LogP contribution in [0, 0.1) is 17.6 Å². The zero-order valence-electron chi connectivity index (χ0n) is 17.0. The zero-order chi connectivity index (χ0) is 22.4. The number of amides is 3. The van der Waals surface area contributed by atoms with Gasteiger partial charge < -0.3 is 15.5 Å². The van der Waals surface area contributed by atoms with E-state index in [0.717, 1.165) is 30.0 Å². The van der Waals surface area contributed by atoms with Gasteiger partial charge in [0.05, 0.1) is 0 Å². The quantitative estimate of drug-likeness (QED) is 0.669. The Morgan fingerprint density at radius 1 is 0.967 bits per heavy atom. The maximum atomic E-state index is 13.8. The summed E-state index contributed by atoms with van der Waals surface area (Å²) in [6.07, 6.45) is 0. The highest BCUT2D eigenvalue weighted by molar-refractivity contribution is 8.13. The summed E-state index contributed by atoms with van der Waals surface area (Å²) in [5.41, 5.74) is -0.276. The Morgan fingerprint density at radius 2 is 1.53 bits per heavy atom. The molecule has 2 aromatic carbocycles. The summed E-state index contributed by atoms with van der Waals surface area (Å²) in [5, 5.41) is 4.94. The van der Waals surface area contributed by atoms with E-state index in [9.17, 15) is 23.2 Å². The van der Waals surface area contributed by atoms with Crippen molar-refractivity contribution in [1.82, 2.24) is 10.2 Å². The first-order valence-electron chi connectivity index (χ1n) is 9.15. The second-order valence-electron chi connectivity index (χ2n) is 7.07. The lowest BCUT2D eigenvalue weighted by atomic mass is 10.0. The van der Waals surface area contributed by atoms with Crippen LogP contribution < -0.4 is 10.6 Å². The number of hydrogen-bond donors (Lipinski definition) is 2. The van der Waals surface area contributed by atoms with Crippen molar-refractivity contribution in [2.75, 3.05) is 19.4 Å². The van der Waals surface area contributed by atoms with Gasteiger partial charge in [-0.3, -0.25) is 14.4 Å². The Balaban J connectivity index is 2.09. The largest absolute Gasteiger partial charge is 0.340 e. The fourth-order valence-electron chi connectivity index (χ4n) is 2.48. The highest BCUT2D eigenvalue weighted by atomic mass is 32.2. The summed E-state index contributed by atoms with van der Waals surface area (Å²) in [7, 11) is 3.30. The molecular formula is C21H23F2N3O3S. The third-order valence-electron chi connectivity index (χ3n) is 4.12. The molecule has 6 nitrogen and oxygen atoms in total. The molecule has 0 unspecified atom stereocenters. The molecule has 0 fully saturated rings. The molecule has 0 bridgehead atoms. The van der Waals surface area contributed by atoms with Gasteiger partial charge in [-0.2, -0.15) is 0 Å². The molecule has 0 aliphatic heterocycles. The highest BCUT2D eigenvalue weighted by Crippen LogP contribution is 2.23. The minimum absolute atomic E-state index is 0.130. The fraction of sp³-hybridized carbons (Fsp3) is 0.286. The summed E-state index contributed by atoms with van der Waals surface area (Å²) < 4.78 is 27.7. The van der Waals surface area contributed by atoms with Gasteiger partial charge in [0, 0.05) is 24.7 Å². The monoisotopic (exact) mass is 435 g/mol. The minimum atomic E-state index is -1.01. The molecule has 0 aromatic heterocycles. The number of halogens is 2. The third kappa shape index (κ3) is 6.03. The molecule has 160 valence electrons. The number of hydrogen-bond acceptors (Lipinski definition) is 4. The Hall–Kier alpha value is -2.94.